The molecule has 0 radical (unpaired) electrons. The molecule has 0 saturated carbocycles. The Kier molecular flexibility index (Phi) is 4.77. The molecule has 1 aromatic carbocycles. The van der Waals surface area contributed by atoms with Crippen molar-refractivity contribution < 1.29 is 14.7 Å². The summed E-state index contributed by atoms with van der Waals surface area (Å²) in [5.74, 6) is -1.38. The van der Waals surface area contributed by atoms with Crippen molar-refractivity contribution in [3.63, 3.8) is 0 Å². The Hall–Kier alpha value is -2.45. The minimum absolute atomic E-state index is 0.134. The average Bonchev–Trinajstić information content (AvgIpc) is 3.09. The molecular formula is C16H12N3O3S2-. The lowest BCUT2D eigenvalue weighted by Gasteiger charge is -2.01. The molecule has 0 bridgehead atoms. The van der Waals surface area contributed by atoms with Crippen LogP contribution in [-0.2, 0) is 16.1 Å². The van der Waals surface area contributed by atoms with Gasteiger partial charge in [-0.2, -0.15) is 5.10 Å². The van der Waals surface area contributed by atoms with E-state index in [2.05, 4.69) is 10.4 Å². The molecule has 0 aliphatic carbocycles. The van der Waals surface area contributed by atoms with Gasteiger partial charge >= 0.3 is 0 Å². The van der Waals surface area contributed by atoms with Crippen LogP contribution in [0.3, 0.4) is 0 Å². The fourth-order valence-electron chi connectivity index (χ4n) is 2.25. The fourth-order valence-corrected chi connectivity index (χ4v) is 3.28. The standard InChI is InChI=1S/C16H13N3O3S2/c20-13(21)6-7-19-9-11(8-12-15(22)17-16(23)24-12)14(18-19)10-4-2-1-3-5-10/h1-5,8-9H,6-7H2,(H,20,21)(H,17,22,23)/p-1/b12-8-. The summed E-state index contributed by atoms with van der Waals surface area (Å²) in [6.45, 7) is 0.198. The van der Waals surface area contributed by atoms with E-state index in [0.29, 0.717) is 14.9 Å². The third-order valence-electron chi connectivity index (χ3n) is 3.31. The van der Waals surface area contributed by atoms with Crippen LogP contribution in [0.25, 0.3) is 17.3 Å². The first kappa shape index (κ1) is 16.4. The summed E-state index contributed by atoms with van der Waals surface area (Å²) >= 11 is 6.18. The molecule has 24 heavy (non-hydrogen) atoms. The first-order valence-corrected chi connectivity index (χ1v) is 8.33. The summed E-state index contributed by atoms with van der Waals surface area (Å²) in [5, 5.41) is 17.7. The summed E-state index contributed by atoms with van der Waals surface area (Å²) in [4.78, 5) is 23.0. The Balaban J connectivity index is 2.00. The number of hydrogen-bond acceptors (Lipinski definition) is 6. The van der Waals surface area contributed by atoms with Crippen LogP contribution in [0.1, 0.15) is 12.0 Å². The molecule has 8 heteroatoms. The van der Waals surface area contributed by atoms with E-state index in [0.717, 1.165) is 11.1 Å². The number of carbonyl (C=O) groups excluding carboxylic acids is 2. The van der Waals surface area contributed by atoms with E-state index >= 15 is 0 Å². The maximum Gasteiger partial charge on any atom is 0.263 e. The van der Waals surface area contributed by atoms with E-state index in [9.17, 15) is 14.7 Å². The number of rotatable bonds is 5. The van der Waals surface area contributed by atoms with Gasteiger partial charge in [-0.1, -0.05) is 54.3 Å². The summed E-state index contributed by atoms with van der Waals surface area (Å²) in [6.07, 6.45) is 3.29. The van der Waals surface area contributed by atoms with Crippen LogP contribution >= 0.6 is 24.0 Å². The van der Waals surface area contributed by atoms with Crippen LogP contribution < -0.4 is 10.4 Å². The van der Waals surface area contributed by atoms with Gasteiger partial charge in [0, 0.05) is 36.3 Å². The average molecular weight is 358 g/mol. The number of benzene rings is 1. The number of carboxylic acids is 1. The number of aliphatic carboxylic acids is 1. The van der Waals surface area contributed by atoms with Crippen LogP contribution in [0.15, 0.2) is 41.4 Å². The number of aryl methyl sites for hydroxylation is 1. The number of amides is 1. The molecular weight excluding hydrogens is 346 g/mol. The Labute approximate surface area is 147 Å². The number of nitrogens with one attached hydrogen (secondary N) is 1. The predicted molar refractivity (Wildman–Crippen MR) is 93.6 cm³/mol. The maximum atomic E-state index is 11.9. The molecule has 1 N–H and O–H groups in total. The van der Waals surface area contributed by atoms with Crippen molar-refractivity contribution in [2.75, 3.05) is 0 Å². The van der Waals surface area contributed by atoms with E-state index < -0.39 is 5.97 Å². The molecule has 0 unspecified atom stereocenters. The number of hydrogen-bond donors (Lipinski definition) is 1. The lowest BCUT2D eigenvalue weighted by atomic mass is 10.1. The second-order valence-corrected chi connectivity index (χ2v) is 6.76. The second-order valence-electron chi connectivity index (χ2n) is 5.04. The van der Waals surface area contributed by atoms with Gasteiger partial charge < -0.3 is 15.2 Å². The van der Waals surface area contributed by atoms with E-state index in [1.807, 2.05) is 30.3 Å². The van der Waals surface area contributed by atoms with E-state index in [-0.39, 0.29) is 18.9 Å². The molecule has 1 fully saturated rings. The molecule has 1 aliphatic rings. The molecule has 0 spiro atoms. The highest BCUT2D eigenvalue weighted by Gasteiger charge is 2.23. The van der Waals surface area contributed by atoms with Gasteiger partial charge in [0.1, 0.15) is 4.32 Å². The maximum absolute atomic E-state index is 11.9. The van der Waals surface area contributed by atoms with Gasteiger partial charge in [0.2, 0.25) is 0 Å². The van der Waals surface area contributed by atoms with E-state index in [1.165, 1.54) is 11.8 Å². The van der Waals surface area contributed by atoms with Gasteiger partial charge in [0.15, 0.2) is 0 Å². The molecule has 122 valence electrons. The highest BCUT2D eigenvalue weighted by molar-refractivity contribution is 8.26. The van der Waals surface area contributed by atoms with Crippen molar-refractivity contribution in [1.29, 1.82) is 0 Å². The minimum Gasteiger partial charge on any atom is -0.550 e. The van der Waals surface area contributed by atoms with Crippen molar-refractivity contribution >= 4 is 46.3 Å². The number of thiocarbonyl (C=S) groups is 1. The second kappa shape index (κ2) is 6.98. The topological polar surface area (TPSA) is 87.0 Å². The van der Waals surface area contributed by atoms with Crippen LogP contribution in [0, 0.1) is 0 Å². The number of carboxylic acid groups (broad SMARTS) is 1. The summed E-state index contributed by atoms with van der Waals surface area (Å²) < 4.78 is 1.96. The highest BCUT2D eigenvalue weighted by Crippen LogP contribution is 2.30. The number of nitrogens with zero attached hydrogens (tertiary/aromatic N) is 2. The van der Waals surface area contributed by atoms with Gasteiger partial charge in [0.05, 0.1) is 10.6 Å². The van der Waals surface area contributed by atoms with Crippen molar-refractivity contribution in [3.05, 3.63) is 47.0 Å². The zero-order valence-corrected chi connectivity index (χ0v) is 14.0. The summed E-state index contributed by atoms with van der Waals surface area (Å²) in [6, 6.07) is 9.48. The Morgan fingerprint density at radius 1 is 1.38 bits per heavy atom. The molecule has 6 nitrogen and oxygen atoms in total. The number of aromatic nitrogens is 2. The molecule has 1 saturated heterocycles. The zero-order valence-electron chi connectivity index (χ0n) is 12.4. The predicted octanol–water partition coefficient (Wildman–Crippen LogP) is 1.18. The number of carbonyl (C=O) groups is 2. The van der Waals surface area contributed by atoms with Gasteiger partial charge in [-0.05, 0) is 6.08 Å². The zero-order chi connectivity index (χ0) is 17.1. The van der Waals surface area contributed by atoms with E-state index in [4.69, 9.17) is 12.2 Å². The van der Waals surface area contributed by atoms with Gasteiger partial charge in [-0.25, -0.2) is 0 Å². The monoisotopic (exact) mass is 358 g/mol. The molecule has 1 amide bonds. The van der Waals surface area contributed by atoms with Crippen LogP contribution in [0.2, 0.25) is 0 Å². The highest BCUT2D eigenvalue weighted by atomic mass is 32.2. The quantitative estimate of drug-likeness (QED) is 0.638. The smallest absolute Gasteiger partial charge is 0.263 e. The number of thioether (sulfide) groups is 1. The third kappa shape index (κ3) is 3.72. The fraction of sp³-hybridized carbons (Fsp3) is 0.125. The van der Waals surface area contributed by atoms with Crippen molar-refractivity contribution in [1.82, 2.24) is 15.1 Å². The molecule has 2 aromatic rings. The third-order valence-corrected chi connectivity index (χ3v) is 4.47. The normalized spacial score (nSPS) is 15.8. The molecule has 2 heterocycles. The molecule has 1 aliphatic heterocycles. The summed E-state index contributed by atoms with van der Waals surface area (Å²) in [7, 11) is 0. The Bertz CT molecular complexity index is 844. The SMILES string of the molecule is O=C([O-])CCn1cc(/C=C2\SC(=S)NC2=O)c(-c2ccccc2)n1. The largest absolute Gasteiger partial charge is 0.550 e. The molecule has 3 rings (SSSR count). The lowest BCUT2D eigenvalue weighted by Crippen LogP contribution is -2.23. The van der Waals surface area contributed by atoms with Gasteiger partial charge in [-0.3, -0.25) is 9.48 Å². The molecule has 0 atom stereocenters. The van der Waals surface area contributed by atoms with Crippen LogP contribution in [0.5, 0.6) is 0 Å². The first-order valence-electron chi connectivity index (χ1n) is 7.10. The minimum atomic E-state index is -1.14. The first-order chi connectivity index (χ1) is 11.5. The Morgan fingerprint density at radius 2 is 2.12 bits per heavy atom. The van der Waals surface area contributed by atoms with Crippen LogP contribution in [0.4, 0.5) is 0 Å². The van der Waals surface area contributed by atoms with Crippen molar-refractivity contribution in [2.24, 2.45) is 0 Å². The lowest BCUT2D eigenvalue weighted by molar-refractivity contribution is -0.306. The van der Waals surface area contributed by atoms with Crippen LogP contribution in [-0.4, -0.2) is 26.0 Å². The van der Waals surface area contributed by atoms with Gasteiger partial charge in [0.25, 0.3) is 5.91 Å². The van der Waals surface area contributed by atoms with Crippen molar-refractivity contribution in [3.8, 4) is 11.3 Å². The van der Waals surface area contributed by atoms with Crippen molar-refractivity contribution in [2.45, 2.75) is 13.0 Å². The summed E-state index contributed by atoms with van der Waals surface area (Å²) in [5.41, 5.74) is 2.28. The Morgan fingerprint density at radius 3 is 2.75 bits per heavy atom. The van der Waals surface area contributed by atoms with E-state index in [1.54, 1.807) is 17.0 Å². The van der Waals surface area contributed by atoms with Gasteiger partial charge in [-0.15, -0.1) is 0 Å². The molecule has 1 aromatic heterocycles.